The van der Waals surface area contributed by atoms with E-state index < -0.39 is 96.2 Å². The number of unbranched alkanes of at least 4 members (excludes halogenated alkanes) is 1. The average Bonchev–Trinajstić information content (AvgIpc) is 3.35. The molecule has 2 aromatic carbocycles. The number of guanidine groups is 2. The molecular formula is C50H80N14O10. The van der Waals surface area contributed by atoms with Crippen molar-refractivity contribution in [2.45, 2.75) is 134 Å². The number of rotatable bonds is 32. The Balaban J connectivity index is 2.47. The van der Waals surface area contributed by atoms with Gasteiger partial charge in [-0.1, -0.05) is 76.1 Å². The van der Waals surface area contributed by atoms with E-state index in [4.69, 9.17) is 33.8 Å². The smallest absolute Gasteiger partial charge is 0.322 e. The molecule has 0 fully saturated rings. The second-order valence-electron chi connectivity index (χ2n) is 18.7. The fourth-order valence-electron chi connectivity index (χ4n) is 7.86. The molecule has 0 aromatic heterocycles. The molecule has 0 aliphatic rings. The number of carbonyl (C=O) groups excluding carboxylic acids is 7. The van der Waals surface area contributed by atoms with Crippen LogP contribution in [0.15, 0.2) is 64.6 Å². The minimum Gasteiger partial charge on any atom is -0.508 e. The number of hydrogen-bond acceptors (Lipinski definition) is 12. The van der Waals surface area contributed by atoms with Crippen LogP contribution < -0.4 is 49.9 Å². The third kappa shape index (κ3) is 21.7. The van der Waals surface area contributed by atoms with Crippen molar-refractivity contribution in [1.29, 1.82) is 0 Å². The molecule has 0 spiro atoms. The van der Waals surface area contributed by atoms with E-state index in [0.717, 1.165) is 10.5 Å². The summed E-state index contributed by atoms with van der Waals surface area (Å²) in [5, 5.41) is 29.4. The molecule has 0 aliphatic heterocycles. The van der Waals surface area contributed by atoms with E-state index in [-0.39, 0.29) is 88.0 Å². The Kier molecular flexibility index (Phi) is 26.9. The summed E-state index contributed by atoms with van der Waals surface area (Å²) in [6, 6.07) is 7.01. The van der Waals surface area contributed by atoms with Crippen molar-refractivity contribution in [3.05, 3.63) is 65.7 Å². The summed E-state index contributed by atoms with van der Waals surface area (Å²) < 4.78 is 0. The summed E-state index contributed by atoms with van der Waals surface area (Å²) in [6.45, 7) is 6.55. The number of nitrogens with zero attached hydrogens (tertiary/aromatic N) is 5. The molecule has 0 heterocycles. The number of carbonyl (C=O) groups is 8. The maximum Gasteiger partial charge on any atom is 0.322 e. The molecule has 24 nitrogen and oxygen atoms in total. The highest BCUT2D eigenvalue weighted by Crippen LogP contribution is 2.19. The molecular weight excluding hydrogens is 957 g/mol. The standard InChI is InChI=1S/C50H80N14O10/c1-8-9-17-37(60-45(71)40(26-30(2)3)64(7)47(73)38(28-32-15-11-10-12-16-32)61-43(69)35(51)27-33-20-22-34(65)23-21-33)46(72)63(6)39(19-14-25-57-50(54)55)48(74)62(5)31(4)42(68)59-36(18-13-24-56-49(52)53)44(70)58-29-41(66)67/h10-12,15-16,20-23,30-31,35-40,65H,8-9,13-14,17-19,24-29,51H2,1-7H3,(H,58,70)(H,59,68)(H,60,71)(H,61,69)(H,66,67)(H4,52,53,56)(H4,54,55,57)/t31-,35-,36-,37-,38-,39-,40-/m0/s1. The van der Waals surface area contributed by atoms with Crippen molar-refractivity contribution < 1.29 is 48.6 Å². The van der Waals surface area contributed by atoms with Gasteiger partial charge in [-0.25, -0.2) is 0 Å². The zero-order valence-electron chi connectivity index (χ0n) is 43.8. The van der Waals surface area contributed by atoms with Crippen LogP contribution in [0, 0.1) is 5.92 Å². The Labute approximate surface area is 433 Å². The molecule has 0 saturated heterocycles. The van der Waals surface area contributed by atoms with Gasteiger partial charge in [0.05, 0.1) is 6.04 Å². The van der Waals surface area contributed by atoms with Gasteiger partial charge in [-0.15, -0.1) is 0 Å². The van der Waals surface area contributed by atoms with Gasteiger partial charge < -0.3 is 74.8 Å². The zero-order chi connectivity index (χ0) is 55.7. The molecule has 0 saturated carbocycles. The van der Waals surface area contributed by atoms with Gasteiger partial charge in [0, 0.05) is 40.7 Å². The SMILES string of the molecule is CCCC[C@H](NC(=O)[C@H](CC(C)C)N(C)C(=O)[C@H](Cc1ccccc1)NC(=O)[C@@H](N)Cc1ccc(O)cc1)C(=O)N(C)[C@@H](CCCN=C(N)N)C(=O)N(C)[C@@H](C)C(=O)N[C@@H](CCCN=C(N)N)C(=O)NCC(=O)O. The van der Waals surface area contributed by atoms with Crippen molar-refractivity contribution in [3.63, 3.8) is 0 Å². The van der Waals surface area contributed by atoms with E-state index in [2.05, 4.69) is 31.3 Å². The van der Waals surface area contributed by atoms with Crippen LogP contribution in [0.2, 0.25) is 0 Å². The maximum absolute atomic E-state index is 14.7. The van der Waals surface area contributed by atoms with Crippen molar-refractivity contribution in [2.24, 2.45) is 44.6 Å². The third-order valence-corrected chi connectivity index (χ3v) is 12.2. The van der Waals surface area contributed by atoms with E-state index in [1.165, 1.54) is 50.0 Å². The fourth-order valence-corrected chi connectivity index (χ4v) is 7.86. The van der Waals surface area contributed by atoms with Gasteiger partial charge in [0.15, 0.2) is 11.9 Å². The van der Waals surface area contributed by atoms with Crippen molar-refractivity contribution >= 4 is 59.2 Å². The highest BCUT2D eigenvalue weighted by Gasteiger charge is 2.39. The molecule has 7 amide bonds. The Morgan fingerprint density at radius 2 is 1.11 bits per heavy atom. The molecule has 24 heteroatoms. The first-order valence-corrected chi connectivity index (χ1v) is 24.8. The second-order valence-corrected chi connectivity index (χ2v) is 18.7. The number of carboxylic acid groups (broad SMARTS) is 1. The Bertz CT molecular complexity index is 2220. The normalized spacial score (nSPS) is 13.8. The van der Waals surface area contributed by atoms with Gasteiger partial charge in [-0.3, -0.25) is 48.3 Å². The molecule has 0 aliphatic carbocycles. The van der Waals surface area contributed by atoms with Crippen LogP contribution in [-0.4, -0.2) is 167 Å². The van der Waals surface area contributed by atoms with Crippen LogP contribution in [0.25, 0.3) is 0 Å². The first kappa shape index (κ1) is 62.6. The topological polar surface area (TPSA) is 390 Å². The summed E-state index contributed by atoms with van der Waals surface area (Å²) >= 11 is 0. The number of benzene rings is 2. The van der Waals surface area contributed by atoms with E-state index in [1.54, 1.807) is 36.4 Å². The number of hydrogen-bond donors (Lipinski definition) is 11. The Hall–Kier alpha value is -7.50. The highest BCUT2D eigenvalue weighted by atomic mass is 16.4. The molecule has 0 radical (unpaired) electrons. The quantitative estimate of drug-likeness (QED) is 0.0238. The first-order valence-electron chi connectivity index (χ1n) is 24.8. The first-order chi connectivity index (χ1) is 34.9. The Morgan fingerprint density at radius 3 is 1.66 bits per heavy atom. The lowest BCUT2D eigenvalue weighted by molar-refractivity contribution is -0.149. The van der Waals surface area contributed by atoms with Crippen LogP contribution >= 0.6 is 0 Å². The zero-order valence-corrected chi connectivity index (χ0v) is 43.8. The minimum absolute atomic E-state index is 0.0102. The average molecular weight is 1040 g/mol. The number of nitrogens with two attached hydrogens (primary N) is 5. The fraction of sp³-hybridized carbons (Fsp3) is 0.560. The lowest BCUT2D eigenvalue weighted by Gasteiger charge is -2.36. The number of amides is 7. The highest BCUT2D eigenvalue weighted by molar-refractivity contribution is 5.97. The largest absolute Gasteiger partial charge is 0.508 e. The lowest BCUT2D eigenvalue weighted by atomic mass is 9.98. The number of likely N-dealkylation sites (N-methyl/N-ethyl adjacent to an activating group) is 3. The predicted octanol–water partition coefficient (Wildman–Crippen LogP) is -0.996. The van der Waals surface area contributed by atoms with Crippen LogP contribution in [0.4, 0.5) is 0 Å². The number of aliphatic imine (C=N–C) groups is 2. The van der Waals surface area contributed by atoms with Crippen molar-refractivity contribution in [1.82, 2.24) is 36.0 Å². The summed E-state index contributed by atoms with van der Waals surface area (Å²) in [7, 11) is 4.21. The van der Waals surface area contributed by atoms with Crippen LogP contribution in [0.1, 0.15) is 90.2 Å². The molecule has 2 aromatic rings. The van der Waals surface area contributed by atoms with Crippen LogP contribution in [0.3, 0.4) is 0 Å². The molecule has 2 rings (SSSR count). The summed E-state index contributed by atoms with van der Waals surface area (Å²) in [6.07, 6.45) is 2.07. The van der Waals surface area contributed by atoms with Crippen LogP contribution in [0.5, 0.6) is 5.75 Å². The van der Waals surface area contributed by atoms with Gasteiger partial charge in [-0.2, -0.15) is 0 Å². The van der Waals surface area contributed by atoms with Gasteiger partial charge in [0.1, 0.15) is 48.5 Å². The van der Waals surface area contributed by atoms with E-state index >= 15 is 0 Å². The molecule has 7 atom stereocenters. The third-order valence-electron chi connectivity index (χ3n) is 12.2. The van der Waals surface area contributed by atoms with Gasteiger partial charge in [0.2, 0.25) is 41.4 Å². The van der Waals surface area contributed by atoms with E-state index in [9.17, 15) is 43.5 Å². The summed E-state index contributed by atoms with van der Waals surface area (Å²) in [5.74, 6) is -6.47. The number of phenols is 1. The number of aliphatic carboxylic acids is 1. The number of nitrogens with one attached hydrogen (secondary N) is 4. The molecule has 410 valence electrons. The molecule has 16 N–H and O–H groups in total. The van der Waals surface area contributed by atoms with E-state index in [0.29, 0.717) is 18.4 Å². The predicted molar refractivity (Wildman–Crippen MR) is 281 cm³/mol. The summed E-state index contributed by atoms with van der Waals surface area (Å²) in [5.41, 5.74) is 29.7. The Morgan fingerprint density at radius 1 is 0.595 bits per heavy atom. The van der Waals surface area contributed by atoms with Crippen LogP contribution in [-0.2, 0) is 51.2 Å². The van der Waals surface area contributed by atoms with Gasteiger partial charge >= 0.3 is 5.97 Å². The lowest BCUT2D eigenvalue weighted by Crippen LogP contribution is -2.60. The minimum atomic E-state index is -1.31. The number of phenolic OH excluding ortho intramolecular Hbond substituents is 1. The van der Waals surface area contributed by atoms with Gasteiger partial charge in [-0.05, 0) is 81.0 Å². The van der Waals surface area contributed by atoms with Crippen molar-refractivity contribution in [2.75, 3.05) is 40.8 Å². The maximum atomic E-state index is 14.7. The monoisotopic (exact) mass is 1040 g/mol. The molecule has 0 bridgehead atoms. The molecule has 74 heavy (non-hydrogen) atoms. The number of carboxylic acids is 1. The second kappa shape index (κ2) is 31.8. The van der Waals surface area contributed by atoms with Crippen molar-refractivity contribution in [3.8, 4) is 5.75 Å². The van der Waals surface area contributed by atoms with E-state index in [1.807, 2.05) is 26.8 Å². The van der Waals surface area contributed by atoms with Gasteiger partial charge in [0.25, 0.3) is 0 Å². The summed E-state index contributed by atoms with van der Waals surface area (Å²) in [4.78, 5) is 121. The number of aromatic hydroxyl groups is 1. The molecule has 0 unspecified atom stereocenters.